The number of benzene rings is 2. The van der Waals surface area contributed by atoms with E-state index in [9.17, 15) is 0 Å². The lowest BCUT2D eigenvalue weighted by atomic mass is 9.76. The van der Waals surface area contributed by atoms with Crippen LogP contribution in [-0.2, 0) is 14.0 Å². The highest BCUT2D eigenvalue weighted by atomic mass is 28.4. The molecule has 0 radical (unpaired) electrons. The molecule has 0 spiro atoms. The summed E-state index contributed by atoms with van der Waals surface area (Å²) in [7, 11) is -3.42. The second-order valence-electron chi connectivity index (χ2n) is 10.0. The summed E-state index contributed by atoms with van der Waals surface area (Å²) in [6.07, 6.45) is 0.987. The fourth-order valence-electron chi connectivity index (χ4n) is 5.86. The van der Waals surface area contributed by atoms with E-state index in [4.69, 9.17) is 9.31 Å². The maximum atomic E-state index is 5.94. The van der Waals surface area contributed by atoms with E-state index in [-0.39, 0.29) is 11.8 Å². The number of fused-ring (bicyclic) bond motifs is 3. The summed E-state index contributed by atoms with van der Waals surface area (Å²) in [5, 5.41) is 0. The van der Waals surface area contributed by atoms with Gasteiger partial charge in [-0.1, -0.05) is 81.7 Å². The summed E-state index contributed by atoms with van der Waals surface area (Å²) in [6.45, 7) is 16.9. The molecule has 142 valence electrons. The Hall–Kier alpha value is -1.14. The van der Waals surface area contributed by atoms with Gasteiger partial charge in [0.05, 0.1) is 16.1 Å². The third-order valence-electron chi connectivity index (χ3n) is 6.42. The molecule has 0 bridgehead atoms. The second kappa shape index (κ2) is 6.44. The van der Waals surface area contributed by atoms with Crippen molar-refractivity contribution < 1.29 is 9.31 Å². The molecule has 0 unspecified atom stereocenters. The van der Waals surface area contributed by atoms with E-state index in [1.54, 1.807) is 5.56 Å². The first kappa shape index (κ1) is 19.2. The molecule has 2 aromatic carbocycles. The Labute approximate surface area is 166 Å². The van der Waals surface area contributed by atoms with E-state index in [1.165, 1.54) is 22.2 Å². The van der Waals surface area contributed by atoms with Crippen molar-refractivity contribution in [2.75, 3.05) is 13.2 Å². The first-order chi connectivity index (χ1) is 12.7. The molecular formula is C22H31BO2Si2. The van der Waals surface area contributed by atoms with Crippen LogP contribution in [-0.4, -0.2) is 36.5 Å². The van der Waals surface area contributed by atoms with E-state index in [1.807, 2.05) is 0 Å². The van der Waals surface area contributed by atoms with Gasteiger partial charge in [-0.2, -0.15) is 0 Å². The highest BCUT2D eigenvalue weighted by Crippen LogP contribution is 2.57. The van der Waals surface area contributed by atoms with Crippen molar-refractivity contribution in [3.8, 4) is 11.1 Å². The largest absolute Gasteiger partial charge is 0.493 e. The molecule has 1 saturated heterocycles. The van der Waals surface area contributed by atoms with Gasteiger partial charge in [-0.15, -0.1) is 0 Å². The SMILES string of the molecule is C[Si](C)(C)C1([Si](C)(C)C)c2ccccc2-c2ccc(B3OCCCO3)cc21. The first-order valence-electron chi connectivity index (χ1n) is 10.2. The summed E-state index contributed by atoms with van der Waals surface area (Å²) in [5.41, 5.74) is 7.16. The van der Waals surface area contributed by atoms with Crippen LogP contribution in [0, 0.1) is 0 Å². The minimum atomic E-state index is -1.60. The highest BCUT2D eigenvalue weighted by Gasteiger charge is 2.59. The molecule has 1 fully saturated rings. The summed E-state index contributed by atoms with van der Waals surface area (Å²) in [5.74, 6) is 0. The molecule has 1 aliphatic carbocycles. The predicted molar refractivity (Wildman–Crippen MR) is 121 cm³/mol. The van der Waals surface area contributed by atoms with Gasteiger partial charge in [0.2, 0.25) is 0 Å². The zero-order valence-electron chi connectivity index (χ0n) is 17.6. The minimum Gasteiger partial charge on any atom is -0.407 e. The fourth-order valence-corrected chi connectivity index (χ4v) is 18.9. The Kier molecular flexibility index (Phi) is 4.58. The van der Waals surface area contributed by atoms with E-state index >= 15 is 0 Å². The molecule has 2 aliphatic rings. The Balaban J connectivity index is 2.00. The smallest absolute Gasteiger partial charge is 0.407 e. The minimum absolute atomic E-state index is 0.191. The van der Waals surface area contributed by atoms with Gasteiger partial charge in [0.25, 0.3) is 0 Å². The lowest BCUT2D eigenvalue weighted by Crippen LogP contribution is -2.63. The average molecular weight is 394 g/mol. The van der Waals surface area contributed by atoms with Gasteiger partial charge in [-0.25, -0.2) is 0 Å². The lowest BCUT2D eigenvalue weighted by molar-refractivity contribution is 0.143. The Morgan fingerprint density at radius 2 is 1.37 bits per heavy atom. The molecule has 0 amide bonds. The molecule has 1 aliphatic heterocycles. The van der Waals surface area contributed by atoms with E-state index < -0.39 is 16.1 Å². The highest BCUT2D eigenvalue weighted by molar-refractivity contribution is 6.99. The fraction of sp³-hybridized carbons (Fsp3) is 0.455. The Morgan fingerprint density at radius 1 is 0.778 bits per heavy atom. The summed E-state index contributed by atoms with van der Waals surface area (Å²) < 4.78 is 12.1. The van der Waals surface area contributed by atoms with Crippen molar-refractivity contribution in [3.63, 3.8) is 0 Å². The normalized spacial score (nSPS) is 19.0. The molecule has 2 nitrogen and oxygen atoms in total. The van der Waals surface area contributed by atoms with Gasteiger partial charge in [0.15, 0.2) is 0 Å². The van der Waals surface area contributed by atoms with Gasteiger partial charge in [-0.3, -0.25) is 0 Å². The molecule has 2 aromatic rings. The second-order valence-corrected chi connectivity index (χ2v) is 21.0. The standard InChI is InChI=1S/C22H31BO2Si2/c1-26(2,3)22(27(4,5)6)20-11-8-7-10-18(20)19-13-12-17(16-21(19)22)23-24-14-9-15-25-23/h7-8,10-13,16H,9,14-15H2,1-6H3. The van der Waals surface area contributed by atoms with Gasteiger partial charge in [0, 0.05) is 17.9 Å². The van der Waals surface area contributed by atoms with Crippen LogP contribution in [0.4, 0.5) is 0 Å². The van der Waals surface area contributed by atoms with Gasteiger partial charge >= 0.3 is 7.12 Å². The summed E-state index contributed by atoms with van der Waals surface area (Å²) >= 11 is 0. The van der Waals surface area contributed by atoms with E-state index in [0.29, 0.717) is 0 Å². The van der Waals surface area contributed by atoms with Crippen LogP contribution >= 0.6 is 0 Å². The monoisotopic (exact) mass is 394 g/mol. The van der Waals surface area contributed by atoms with Gasteiger partial charge in [-0.05, 0) is 34.1 Å². The topological polar surface area (TPSA) is 18.5 Å². The number of hydrogen-bond donors (Lipinski definition) is 0. The molecule has 1 heterocycles. The van der Waals surface area contributed by atoms with Gasteiger partial charge < -0.3 is 9.31 Å². The third kappa shape index (κ3) is 2.74. The zero-order valence-corrected chi connectivity index (χ0v) is 19.6. The molecule has 5 heteroatoms. The van der Waals surface area contributed by atoms with Crippen molar-refractivity contribution in [1.82, 2.24) is 0 Å². The summed E-state index contributed by atoms with van der Waals surface area (Å²) in [4.78, 5) is 0. The van der Waals surface area contributed by atoms with Crippen LogP contribution in [0.25, 0.3) is 11.1 Å². The summed E-state index contributed by atoms with van der Waals surface area (Å²) in [6, 6.07) is 16.1. The predicted octanol–water partition coefficient (Wildman–Crippen LogP) is 4.84. The van der Waals surface area contributed by atoms with Crippen molar-refractivity contribution in [1.29, 1.82) is 0 Å². The molecule has 0 N–H and O–H groups in total. The Morgan fingerprint density at radius 3 is 2.00 bits per heavy atom. The average Bonchev–Trinajstić information content (AvgIpc) is 2.93. The van der Waals surface area contributed by atoms with Crippen LogP contribution in [0.15, 0.2) is 42.5 Å². The maximum absolute atomic E-state index is 5.94. The lowest BCUT2D eigenvalue weighted by Gasteiger charge is -2.51. The Bertz CT molecular complexity index is 847. The molecule has 27 heavy (non-hydrogen) atoms. The van der Waals surface area contributed by atoms with Crippen LogP contribution in [0.3, 0.4) is 0 Å². The molecular weight excluding hydrogens is 363 g/mol. The molecule has 0 atom stereocenters. The third-order valence-corrected chi connectivity index (χ3v) is 16.5. The van der Waals surface area contributed by atoms with Crippen molar-refractivity contribution in [2.24, 2.45) is 0 Å². The van der Waals surface area contributed by atoms with Crippen LogP contribution in [0.5, 0.6) is 0 Å². The zero-order chi connectivity index (χ0) is 19.4. The van der Waals surface area contributed by atoms with Crippen LogP contribution in [0.1, 0.15) is 17.5 Å². The number of rotatable bonds is 3. The molecule has 0 aromatic heterocycles. The van der Waals surface area contributed by atoms with Crippen molar-refractivity contribution in [3.05, 3.63) is 53.6 Å². The van der Waals surface area contributed by atoms with E-state index in [0.717, 1.165) is 19.6 Å². The molecule has 0 saturated carbocycles. The quantitative estimate of drug-likeness (QED) is 0.694. The first-order valence-corrected chi connectivity index (χ1v) is 17.2. The molecule has 4 rings (SSSR count). The maximum Gasteiger partial charge on any atom is 0.493 e. The number of hydrogen-bond acceptors (Lipinski definition) is 2. The van der Waals surface area contributed by atoms with Crippen molar-refractivity contribution >= 4 is 28.7 Å². The van der Waals surface area contributed by atoms with Crippen LogP contribution in [0.2, 0.25) is 39.3 Å². The van der Waals surface area contributed by atoms with Crippen molar-refractivity contribution in [2.45, 2.75) is 50.4 Å². The van der Waals surface area contributed by atoms with E-state index in [2.05, 4.69) is 81.7 Å². The van der Waals surface area contributed by atoms with Gasteiger partial charge in [0.1, 0.15) is 0 Å². The van der Waals surface area contributed by atoms with Crippen LogP contribution < -0.4 is 5.46 Å².